The summed E-state index contributed by atoms with van der Waals surface area (Å²) in [5.41, 5.74) is 0.818. The molecule has 75 heavy (non-hydrogen) atoms. The number of esters is 2. The summed E-state index contributed by atoms with van der Waals surface area (Å²) >= 11 is 33.7. The predicted molar refractivity (Wildman–Crippen MR) is 368 cm³/mol. The van der Waals surface area contributed by atoms with Crippen LogP contribution in [0.5, 0.6) is 0 Å². The van der Waals surface area contributed by atoms with Crippen LogP contribution in [0.2, 0.25) is 0 Å². The van der Waals surface area contributed by atoms with Crippen LogP contribution in [-0.4, -0.2) is 49.2 Å². The predicted octanol–water partition coefficient (Wildman–Crippen LogP) is 24.0. The van der Waals surface area contributed by atoms with E-state index in [0.717, 1.165) is 19.8 Å². The van der Waals surface area contributed by atoms with Crippen LogP contribution in [0.15, 0.2) is 96.0 Å². The van der Waals surface area contributed by atoms with Crippen molar-refractivity contribution in [1.29, 1.82) is 0 Å². The maximum atomic E-state index is 13.1. The van der Waals surface area contributed by atoms with Gasteiger partial charge < -0.3 is 13.9 Å². The Hall–Kier alpha value is 1.92. The molecule has 0 saturated carbocycles. The van der Waals surface area contributed by atoms with E-state index in [0.29, 0.717) is 5.76 Å². The second kappa shape index (κ2) is 33.4. The summed E-state index contributed by atoms with van der Waals surface area (Å²) in [5, 5.41) is 0. The number of hydrogen-bond donors (Lipinski definition) is 0. The summed E-state index contributed by atoms with van der Waals surface area (Å²) in [5.74, 6) is 5.08. The molecule has 0 bridgehead atoms. The van der Waals surface area contributed by atoms with Gasteiger partial charge in [-0.2, -0.15) is 0 Å². The zero-order valence-electron chi connectivity index (χ0n) is 42.8. The normalized spacial score (nSPS) is 18.7. The van der Waals surface area contributed by atoms with Crippen molar-refractivity contribution in [1.82, 2.24) is 0 Å². The second-order valence-corrected chi connectivity index (χ2v) is 39.7. The van der Waals surface area contributed by atoms with Crippen molar-refractivity contribution in [3.63, 3.8) is 0 Å². The molecule has 0 atom stereocenters. The van der Waals surface area contributed by atoms with Gasteiger partial charge in [0.2, 0.25) is 0 Å². The van der Waals surface area contributed by atoms with Gasteiger partial charge in [-0.05, 0) is 66.9 Å². The van der Waals surface area contributed by atoms with E-state index in [9.17, 15) is 9.59 Å². The first-order valence-electron chi connectivity index (χ1n) is 25.4. The van der Waals surface area contributed by atoms with Gasteiger partial charge >= 0.3 is 11.9 Å². The van der Waals surface area contributed by atoms with Crippen molar-refractivity contribution in [3.8, 4) is 0 Å². The van der Waals surface area contributed by atoms with Crippen LogP contribution in [-0.2, 0) is 19.1 Å². The Kier molecular flexibility index (Phi) is 28.1. The van der Waals surface area contributed by atoms with E-state index < -0.39 is 11.9 Å². The lowest BCUT2D eigenvalue weighted by Gasteiger charge is -2.08. The van der Waals surface area contributed by atoms with Crippen molar-refractivity contribution in [2.75, 3.05) is 37.2 Å². The van der Waals surface area contributed by atoms with E-state index in [4.69, 9.17) is 13.9 Å². The molecule has 1 aromatic heterocycles. The Morgan fingerprint density at radius 3 is 1.15 bits per heavy atom. The highest BCUT2D eigenvalue weighted by atomic mass is 32.3. The van der Waals surface area contributed by atoms with Crippen molar-refractivity contribution in [2.45, 2.75) is 130 Å². The Balaban J connectivity index is 0.941. The molecular formula is C52H62O5S18. The SMILES string of the molecule is CCCCCCSC1=C(SCCCCCC)SC(=C2SC3=C(SC(=CC(=C4SC(C(=O)OC)=C(C(=O)OC)S4)c4ccc(C=C5SC6=C(S5)SC(=C5SC(SCCCCCC)=C(SCCCCCC)S5)S6)o4)S3)S2)S1. The molecule has 0 saturated heterocycles. The minimum atomic E-state index is -0.562. The minimum absolute atomic E-state index is 0.227. The Morgan fingerprint density at radius 1 is 0.440 bits per heavy atom. The third-order valence-corrected chi connectivity index (χ3v) is 37.2. The van der Waals surface area contributed by atoms with Gasteiger partial charge in [-0.1, -0.05) is 269 Å². The van der Waals surface area contributed by atoms with Crippen molar-refractivity contribution >= 4 is 235 Å². The summed E-state index contributed by atoms with van der Waals surface area (Å²) in [6, 6.07) is 4.04. The van der Waals surface area contributed by atoms with Gasteiger partial charge in [-0.3, -0.25) is 0 Å². The molecule has 0 aromatic carbocycles. The van der Waals surface area contributed by atoms with Crippen LogP contribution >= 0.6 is 212 Å². The largest absolute Gasteiger partial charge is 0.465 e. The second-order valence-electron chi connectivity index (χ2n) is 17.0. The minimum Gasteiger partial charge on any atom is -0.465 e. The van der Waals surface area contributed by atoms with Gasteiger partial charge in [0.25, 0.3) is 0 Å². The molecule has 1 aromatic rings. The number of ether oxygens (including phenoxy) is 2. The highest BCUT2D eigenvalue weighted by Gasteiger charge is 2.39. The highest BCUT2D eigenvalue weighted by Crippen LogP contribution is 2.73. The standard InChI is InChI=1S/C52H62O5S18/c1-7-11-15-19-25-58-41-42(59-26-20-16-12-8-2)69-49(68-41)51-72-45-46(73-51)63-34(62-45)29-31-23-24-33(57-31)32(40-66-36(38(53)55-5)37(67-40)39(54)56-6)30-35-64-47-48(65-35)75-52(74-47)50-70-43(60-27-21-17-13-9-3)44(71-50)61-28-22-18-14-10-4/h23-24,29-30H,7-22,25-28H2,1-6H3. The molecule has 7 aliphatic rings. The first-order chi connectivity index (χ1) is 36.7. The molecule has 8 heterocycles. The molecule has 0 spiro atoms. The quantitative estimate of drug-likeness (QED) is 0.0564. The number of hydrogen-bond acceptors (Lipinski definition) is 23. The molecule has 5 nitrogen and oxygen atoms in total. The van der Waals surface area contributed by atoms with Crippen LogP contribution in [0.4, 0.5) is 0 Å². The molecule has 7 aliphatic heterocycles. The fourth-order valence-corrected chi connectivity index (χ4v) is 34.8. The zero-order valence-corrected chi connectivity index (χ0v) is 57.5. The van der Waals surface area contributed by atoms with Gasteiger partial charge in [0, 0.05) is 11.6 Å². The number of methoxy groups -OCH3 is 2. The first-order valence-corrected chi connectivity index (χ1v) is 40.7. The monoisotopic (exact) mass is 1340 g/mol. The molecule has 0 N–H and O–H groups in total. The summed E-state index contributed by atoms with van der Waals surface area (Å²) in [4.78, 5) is 26.6. The van der Waals surface area contributed by atoms with Crippen LogP contribution in [0.3, 0.4) is 0 Å². The third kappa shape index (κ3) is 18.2. The number of furan rings is 1. The molecule has 0 aliphatic carbocycles. The topological polar surface area (TPSA) is 65.7 Å². The number of thioether (sulfide) groups is 18. The molecule has 0 fully saturated rings. The smallest absolute Gasteiger partial charge is 0.346 e. The van der Waals surface area contributed by atoms with E-state index in [1.54, 1.807) is 23.5 Å². The lowest BCUT2D eigenvalue weighted by atomic mass is 10.2. The van der Waals surface area contributed by atoms with Gasteiger partial charge in [0.05, 0.1) is 77.8 Å². The number of rotatable bonds is 29. The number of carbonyl (C=O) groups is 2. The average Bonchev–Trinajstić information content (AvgIpc) is 4.29. The number of unbranched alkanes of at least 4 members (excludes halogenated alkanes) is 12. The van der Waals surface area contributed by atoms with Gasteiger partial charge in [0.1, 0.15) is 21.3 Å². The van der Waals surface area contributed by atoms with E-state index in [-0.39, 0.29) is 9.81 Å². The van der Waals surface area contributed by atoms with Crippen LogP contribution in [0.25, 0.3) is 11.6 Å². The summed E-state index contributed by atoms with van der Waals surface area (Å²) in [6.07, 6.45) is 25.1. The van der Waals surface area contributed by atoms with E-state index in [1.807, 2.05) is 130 Å². The van der Waals surface area contributed by atoms with Gasteiger partial charge in [-0.15, -0.1) is 47.0 Å². The lowest BCUT2D eigenvalue weighted by molar-refractivity contribution is -0.138. The fraction of sp³-hybridized carbons (Fsp3) is 0.500. The van der Waals surface area contributed by atoms with Crippen molar-refractivity contribution < 1.29 is 23.5 Å². The summed E-state index contributed by atoms with van der Waals surface area (Å²) in [6.45, 7) is 9.14. The van der Waals surface area contributed by atoms with E-state index >= 15 is 0 Å². The van der Waals surface area contributed by atoms with Crippen molar-refractivity contribution in [2.24, 2.45) is 0 Å². The number of carbonyl (C=O) groups excluding carboxylic acids is 2. The molecular weight excluding hydrogens is 1280 g/mol. The fourth-order valence-electron chi connectivity index (χ4n) is 7.23. The first kappa shape index (κ1) is 63.0. The molecule has 408 valence electrons. The summed E-state index contributed by atoms with van der Waals surface area (Å²) in [7, 11) is 2.68. The van der Waals surface area contributed by atoms with Crippen molar-refractivity contribution in [3.05, 3.63) is 103 Å². The lowest BCUT2D eigenvalue weighted by Crippen LogP contribution is -2.08. The zero-order chi connectivity index (χ0) is 52.5. The Morgan fingerprint density at radius 2 is 0.787 bits per heavy atom. The Labute approximate surface area is 523 Å². The third-order valence-electron chi connectivity index (χ3n) is 11.2. The van der Waals surface area contributed by atoms with Gasteiger partial charge in [0.15, 0.2) is 0 Å². The molecule has 23 heteroatoms. The van der Waals surface area contributed by atoms with Crippen LogP contribution in [0, 0.1) is 0 Å². The Bertz CT molecular complexity index is 2470. The molecule has 0 amide bonds. The highest BCUT2D eigenvalue weighted by molar-refractivity contribution is 8.51. The molecule has 8 rings (SSSR count). The van der Waals surface area contributed by atoms with E-state index in [1.165, 1.54) is 219 Å². The van der Waals surface area contributed by atoms with Crippen LogP contribution in [0.1, 0.15) is 142 Å². The maximum absolute atomic E-state index is 13.1. The maximum Gasteiger partial charge on any atom is 0.346 e. The molecule has 0 radical (unpaired) electrons. The van der Waals surface area contributed by atoms with Gasteiger partial charge in [-0.25, -0.2) is 9.59 Å². The average molecular weight is 1340 g/mol. The summed E-state index contributed by atoms with van der Waals surface area (Å²) < 4.78 is 37.1. The molecule has 0 unspecified atom stereocenters. The number of allylic oxidation sites excluding steroid dienone is 2. The van der Waals surface area contributed by atoms with Crippen LogP contribution < -0.4 is 0 Å². The van der Waals surface area contributed by atoms with E-state index in [2.05, 4.69) is 86.9 Å².